The van der Waals surface area contributed by atoms with E-state index in [4.69, 9.17) is 4.74 Å². The van der Waals surface area contributed by atoms with Crippen molar-refractivity contribution >= 4 is 21.6 Å². The molecule has 3 aromatic carbocycles. The Morgan fingerprint density at radius 1 is 1.00 bits per heavy atom. The monoisotopic (exact) mass is 452 g/mol. The van der Waals surface area contributed by atoms with Crippen molar-refractivity contribution < 1.29 is 17.9 Å². The summed E-state index contributed by atoms with van der Waals surface area (Å²) in [5.41, 5.74) is 2.52. The van der Waals surface area contributed by atoms with Crippen LogP contribution in [0.3, 0.4) is 0 Å². The number of carbonyl (C=O) groups is 1. The number of nitrogens with zero attached hydrogens (tertiary/aromatic N) is 1. The van der Waals surface area contributed by atoms with Crippen LogP contribution in [0.15, 0.2) is 77.7 Å². The first-order chi connectivity index (χ1) is 15.3. The number of aryl methyl sites for hydroxylation is 1. The summed E-state index contributed by atoms with van der Waals surface area (Å²) >= 11 is 0. The molecule has 0 fully saturated rings. The standard InChI is InChI=1S/C25H28N2O4S/c1-5-23(19-12-14-20(31-4)15-13-19)26-25(28)22-8-6-7-9-24(22)27(3)32(29,30)21-16-10-18(2)11-17-21/h6-17,23H,5H2,1-4H3,(H,26,28)/t23-/m0/s1. The van der Waals surface area contributed by atoms with Gasteiger partial charge < -0.3 is 10.1 Å². The number of anilines is 1. The molecule has 1 atom stereocenters. The average Bonchev–Trinajstić information content (AvgIpc) is 2.82. The molecule has 0 unspecified atom stereocenters. The molecular weight excluding hydrogens is 424 g/mol. The molecule has 0 saturated heterocycles. The number of rotatable bonds is 8. The van der Waals surface area contributed by atoms with E-state index in [1.165, 1.54) is 7.05 Å². The van der Waals surface area contributed by atoms with Crippen LogP contribution < -0.4 is 14.4 Å². The second kappa shape index (κ2) is 9.87. The summed E-state index contributed by atoms with van der Waals surface area (Å²) in [6.07, 6.45) is 0.678. The van der Waals surface area contributed by atoms with E-state index in [9.17, 15) is 13.2 Å². The Morgan fingerprint density at radius 2 is 1.62 bits per heavy atom. The Labute approximate surface area is 189 Å². The number of ether oxygens (including phenoxy) is 1. The molecule has 0 radical (unpaired) electrons. The van der Waals surface area contributed by atoms with E-state index < -0.39 is 10.0 Å². The summed E-state index contributed by atoms with van der Waals surface area (Å²) in [5, 5.41) is 3.03. The molecule has 168 valence electrons. The number of benzene rings is 3. The fourth-order valence-corrected chi connectivity index (χ4v) is 4.65. The third kappa shape index (κ3) is 4.94. The van der Waals surface area contributed by atoms with Gasteiger partial charge in [0, 0.05) is 7.05 Å². The van der Waals surface area contributed by atoms with Gasteiger partial charge in [-0.2, -0.15) is 0 Å². The smallest absolute Gasteiger partial charge is 0.264 e. The lowest BCUT2D eigenvalue weighted by molar-refractivity contribution is 0.0936. The van der Waals surface area contributed by atoms with E-state index in [0.29, 0.717) is 12.1 Å². The van der Waals surface area contributed by atoms with Crippen LogP contribution in [0.5, 0.6) is 5.75 Å². The molecule has 0 aliphatic carbocycles. The van der Waals surface area contributed by atoms with Crippen molar-refractivity contribution in [2.75, 3.05) is 18.5 Å². The lowest BCUT2D eigenvalue weighted by Gasteiger charge is -2.24. The second-order valence-corrected chi connectivity index (χ2v) is 9.48. The topological polar surface area (TPSA) is 75.7 Å². The fourth-order valence-electron chi connectivity index (χ4n) is 3.43. The molecule has 0 heterocycles. The van der Waals surface area contributed by atoms with E-state index in [2.05, 4.69) is 5.32 Å². The minimum absolute atomic E-state index is 0.172. The number of nitrogens with one attached hydrogen (secondary N) is 1. The van der Waals surface area contributed by atoms with Crippen LogP contribution in [0.2, 0.25) is 0 Å². The lowest BCUT2D eigenvalue weighted by Crippen LogP contribution is -2.32. The van der Waals surface area contributed by atoms with Crippen molar-refractivity contribution in [2.24, 2.45) is 0 Å². The van der Waals surface area contributed by atoms with Crippen LogP contribution in [0.25, 0.3) is 0 Å². The lowest BCUT2D eigenvalue weighted by atomic mass is 10.0. The molecule has 0 aliphatic rings. The summed E-state index contributed by atoms with van der Waals surface area (Å²) in [4.78, 5) is 13.4. The summed E-state index contributed by atoms with van der Waals surface area (Å²) in [5.74, 6) is 0.400. The SMILES string of the molecule is CC[C@H](NC(=O)c1ccccc1N(C)S(=O)(=O)c1ccc(C)cc1)c1ccc(OC)cc1. The highest BCUT2D eigenvalue weighted by Gasteiger charge is 2.26. The summed E-state index contributed by atoms with van der Waals surface area (Å²) in [7, 11) is -0.756. The van der Waals surface area contributed by atoms with Gasteiger partial charge in [-0.15, -0.1) is 0 Å². The van der Waals surface area contributed by atoms with Crippen molar-refractivity contribution in [1.82, 2.24) is 5.32 Å². The largest absolute Gasteiger partial charge is 0.497 e. The molecular formula is C25H28N2O4S. The minimum atomic E-state index is -3.82. The Hall–Kier alpha value is -3.32. The molecule has 0 aromatic heterocycles. The molecule has 1 N–H and O–H groups in total. The number of sulfonamides is 1. The predicted molar refractivity (Wildman–Crippen MR) is 127 cm³/mol. The maximum atomic E-state index is 13.2. The van der Waals surface area contributed by atoms with E-state index in [0.717, 1.165) is 21.2 Å². The number of amides is 1. The Kier molecular flexibility index (Phi) is 7.20. The van der Waals surface area contributed by atoms with E-state index >= 15 is 0 Å². The van der Waals surface area contributed by atoms with Crippen LogP contribution >= 0.6 is 0 Å². The van der Waals surface area contributed by atoms with Gasteiger partial charge in [0.15, 0.2) is 0 Å². The summed E-state index contributed by atoms with van der Waals surface area (Å²) in [6.45, 7) is 3.88. The number of carbonyl (C=O) groups excluding carboxylic acids is 1. The van der Waals surface area contributed by atoms with Crippen LogP contribution in [-0.4, -0.2) is 28.5 Å². The number of para-hydroxylation sites is 1. The zero-order chi connectivity index (χ0) is 23.3. The summed E-state index contributed by atoms with van der Waals surface area (Å²) in [6, 6.07) is 20.6. The van der Waals surface area contributed by atoms with Crippen molar-refractivity contribution in [1.29, 1.82) is 0 Å². The second-order valence-electron chi connectivity index (χ2n) is 7.51. The third-order valence-electron chi connectivity index (χ3n) is 5.40. The van der Waals surface area contributed by atoms with Gasteiger partial charge in [0.05, 0.1) is 29.3 Å². The number of hydrogen-bond acceptors (Lipinski definition) is 4. The van der Waals surface area contributed by atoms with Crippen LogP contribution in [0.1, 0.15) is 40.9 Å². The molecule has 1 amide bonds. The van der Waals surface area contributed by atoms with E-state index in [-0.39, 0.29) is 22.4 Å². The predicted octanol–water partition coefficient (Wildman–Crippen LogP) is 4.71. The van der Waals surface area contributed by atoms with Crippen molar-refractivity contribution in [3.63, 3.8) is 0 Å². The quantitative estimate of drug-likeness (QED) is 0.537. The molecule has 3 rings (SSSR count). The van der Waals surface area contributed by atoms with Crippen molar-refractivity contribution in [3.05, 3.63) is 89.5 Å². The molecule has 32 heavy (non-hydrogen) atoms. The Bertz CT molecular complexity index is 1170. The van der Waals surface area contributed by atoms with Gasteiger partial charge in [-0.05, 0) is 55.3 Å². The molecule has 0 aliphatic heterocycles. The van der Waals surface area contributed by atoms with E-state index in [1.807, 2.05) is 38.1 Å². The highest BCUT2D eigenvalue weighted by atomic mass is 32.2. The number of methoxy groups -OCH3 is 1. The molecule has 6 nitrogen and oxygen atoms in total. The first kappa shape index (κ1) is 23.3. The molecule has 0 spiro atoms. The average molecular weight is 453 g/mol. The maximum absolute atomic E-state index is 13.2. The van der Waals surface area contributed by atoms with Crippen molar-refractivity contribution in [2.45, 2.75) is 31.2 Å². The van der Waals surface area contributed by atoms with Crippen LogP contribution in [0, 0.1) is 6.92 Å². The highest BCUT2D eigenvalue weighted by Crippen LogP contribution is 2.27. The van der Waals surface area contributed by atoms with Gasteiger partial charge >= 0.3 is 0 Å². The first-order valence-electron chi connectivity index (χ1n) is 10.4. The fraction of sp³-hybridized carbons (Fsp3) is 0.240. The Morgan fingerprint density at radius 3 is 2.22 bits per heavy atom. The Balaban J connectivity index is 1.89. The molecule has 3 aromatic rings. The van der Waals surface area contributed by atoms with Gasteiger partial charge in [-0.25, -0.2) is 8.42 Å². The van der Waals surface area contributed by atoms with Gasteiger partial charge in [-0.3, -0.25) is 9.10 Å². The molecule has 0 bridgehead atoms. The van der Waals surface area contributed by atoms with E-state index in [1.54, 1.807) is 55.6 Å². The zero-order valence-corrected chi connectivity index (χ0v) is 19.5. The molecule has 7 heteroatoms. The van der Waals surface area contributed by atoms with Gasteiger partial charge in [0.1, 0.15) is 5.75 Å². The number of hydrogen-bond donors (Lipinski definition) is 1. The zero-order valence-electron chi connectivity index (χ0n) is 18.7. The first-order valence-corrected chi connectivity index (χ1v) is 11.8. The highest BCUT2D eigenvalue weighted by molar-refractivity contribution is 7.92. The van der Waals surface area contributed by atoms with Gasteiger partial charge in [0.25, 0.3) is 15.9 Å². The minimum Gasteiger partial charge on any atom is -0.497 e. The maximum Gasteiger partial charge on any atom is 0.264 e. The normalized spacial score (nSPS) is 12.1. The summed E-state index contributed by atoms with van der Waals surface area (Å²) < 4.78 is 32.7. The van der Waals surface area contributed by atoms with Gasteiger partial charge in [0.2, 0.25) is 0 Å². The van der Waals surface area contributed by atoms with Crippen LogP contribution in [0.4, 0.5) is 5.69 Å². The van der Waals surface area contributed by atoms with Crippen LogP contribution in [-0.2, 0) is 10.0 Å². The van der Waals surface area contributed by atoms with Crippen molar-refractivity contribution in [3.8, 4) is 5.75 Å². The van der Waals surface area contributed by atoms with Gasteiger partial charge in [-0.1, -0.05) is 48.9 Å². The third-order valence-corrected chi connectivity index (χ3v) is 7.18. The molecule has 0 saturated carbocycles.